The minimum absolute atomic E-state index is 0.220. The molecule has 0 aliphatic rings. The summed E-state index contributed by atoms with van der Waals surface area (Å²) in [6.07, 6.45) is 2.55. The maximum atomic E-state index is 11.8. The topological polar surface area (TPSA) is 38.1 Å². The normalized spacial score (nSPS) is 12.4. The van der Waals surface area contributed by atoms with Gasteiger partial charge in [0.25, 0.3) is 5.56 Å². The molecule has 4 nitrogen and oxygen atoms in total. The summed E-state index contributed by atoms with van der Waals surface area (Å²) in [5.74, 6) is 0. The molecule has 19 heavy (non-hydrogen) atoms. The Balaban J connectivity index is 2.22. The Labute approximate surface area is 121 Å². The Morgan fingerprint density at radius 2 is 2.32 bits per heavy atom. The van der Waals surface area contributed by atoms with Crippen LogP contribution in [0.4, 0.5) is 5.69 Å². The van der Waals surface area contributed by atoms with Gasteiger partial charge in [-0.3, -0.25) is 4.79 Å². The van der Waals surface area contributed by atoms with Crippen molar-refractivity contribution in [1.29, 1.82) is 0 Å². The molecule has 0 unspecified atom stereocenters. The molecule has 0 aromatic carbocycles. The van der Waals surface area contributed by atoms with Crippen LogP contribution in [-0.2, 0) is 13.5 Å². The zero-order chi connectivity index (χ0) is 14.0. The van der Waals surface area contributed by atoms with Gasteiger partial charge in [-0.05, 0) is 18.4 Å². The summed E-state index contributed by atoms with van der Waals surface area (Å²) in [7, 11) is 3.52. The van der Waals surface area contributed by atoms with Gasteiger partial charge >= 0.3 is 0 Å². The fourth-order valence-corrected chi connectivity index (χ4v) is 2.97. The van der Waals surface area contributed by atoms with Gasteiger partial charge in [0.05, 0.1) is 11.9 Å². The zero-order valence-electron chi connectivity index (χ0n) is 11.1. The van der Waals surface area contributed by atoms with Crippen molar-refractivity contribution in [3.05, 3.63) is 44.0 Å². The van der Waals surface area contributed by atoms with Crippen LogP contribution >= 0.6 is 22.9 Å². The first-order valence-corrected chi connectivity index (χ1v) is 7.23. The highest BCUT2D eigenvalue weighted by Crippen LogP contribution is 2.23. The average Bonchev–Trinajstić information content (AvgIpc) is 2.88. The van der Waals surface area contributed by atoms with E-state index < -0.39 is 0 Å². The summed E-state index contributed by atoms with van der Waals surface area (Å²) in [6, 6.07) is 4.39. The van der Waals surface area contributed by atoms with Crippen LogP contribution in [-0.4, -0.2) is 22.9 Å². The number of aryl methyl sites for hydroxylation is 1. The predicted molar refractivity (Wildman–Crippen MR) is 80.4 cm³/mol. The first-order valence-electron chi connectivity index (χ1n) is 5.97. The average molecular weight is 298 g/mol. The van der Waals surface area contributed by atoms with Crippen molar-refractivity contribution < 1.29 is 0 Å². The number of hydrogen-bond donors (Lipinski definition) is 0. The molecule has 0 saturated heterocycles. The van der Waals surface area contributed by atoms with Crippen LogP contribution < -0.4 is 10.5 Å². The van der Waals surface area contributed by atoms with E-state index in [1.807, 2.05) is 18.0 Å². The van der Waals surface area contributed by atoms with Crippen LogP contribution in [0.3, 0.4) is 0 Å². The lowest BCUT2D eigenvalue weighted by Crippen LogP contribution is -2.33. The van der Waals surface area contributed by atoms with E-state index in [2.05, 4.69) is 23.5 Å². The van der Waals surface area contributed by atoms with Gasteiger partial charge < -0.3 is 4.90 Å². The van der Waals surface area contributed by atoms with Gasteiger partial charge in [0, 0.05) is 31.4 Å². The molecule has 6 heteroatoms. The summed E-state index contributed by atoms with van der Waals surface area (Å²) >= 11 is 7.84. The van der Waals surface area contributed by atoms with E-state index in [-0.39, 0.29) is 16.6 Å². The summed E-state index contributed by atoms with van der Waals surface area (Å²) in [6.45, 7) is 2.10. The van der Waals surface area contributed by atoms with E-state index in [9.17, 15) is 4.79 Å². The lowest BCUT2D eigenvalue weighted by molar-refractivity contribution is 0.667. The van der Waals surface area contributed by atoms with Gasteiger partial charge in [0.1, 0.15) is 5.02 Å². The van der Waals surface area contributed by atoms with E-state index in [4.69, 9.17) is 11.6 Å². The minimum Gasteiger partial charge on any atom is -0.369 e. The fraction of sp³-hybridized carbons (Fsp3) is 0.385. The van der Waals surface area contributed by atoms with Gasteiger partial charge in [-0.1, -0.05) is 17.7 Å². The third kappa shape index (κ3) is 2.98. The van der Waals surface area contributed by atoms with Gasteiger partial charge in [-0.15, -0.1) is 11.3 Å². The molecule has 0 aliphatic heterocycles. The molecule has 0 bridgehead atoms. The summed E-state index contributed by atoms with van der Waals surface area (Å²) < 4.78 is 1.24. The van der Waals surface area contributed by atoms with E-state index >= 15 is 0 Å². The number of likely N-dealkylation sites (N-methyl/N-ethyl adjacent to an activating group) is 1. The molecule has 0 saturated carbocycles. The first-order chi connectivity index (χ1) is 9.00. The van der Waals surface area contributed by atoms with E-state index in [1.54, 1.807) is 24.6 Å². The molecule has 0 radical (unpaired) electrons. The van der Waals surface area contributed by atoms with Crippen LogP contribution in [0.2, 0.25) is 5.02 Å². The molecule has 0 spiro atoms. The predicted octanol–water partition coefficient (Wildman–Crippen LogP) is 2.56. The largest absolute Gasteiger partial charge is 0.369 e. The Kier molecular flexibility index (Phi) is 4.27. The maximum absolute atomic E-state index is 11.8. The van der Waals surface area contributed by atoms with Crippen LogP contribution in [0.5, 0.6) is 0 Å². The lowest BCUT2D eigenvalue weighted by atomic mass is 10.2. The minimum atomic E-state index is -0.269. The second kappa shape index (κ2) is 5.75. The maximum Gasteiger partial charge on any atom is 0.287 e. The van der Waals surface area contributed by atoms with E-state index in [1.165, 1.54) is 9.56 Å². The molecule has 0 amide bonds. The molecule has 0 N–H and O–H groups in total. The van der Waals surface area contributed by atoms with Crippen LogP contribution in [0.1, 0.15) is 11.8 Å². The van der Waals surface area contributed by atoms with Crippen molar-refractivity contribution >= 4 is 28.6 Å². The number of halogens is 1. The monoisotopic (exact) mass is 297 g/mol. The molecule has 0 aliphatic carbocycles. The summed E-state index contributed by atoms with van der Waals surface area (Å²) in [5, 5.41) is 6.31. The first kappa shape index (κ1) is 14.1. The Hall–Kier alpha value is -1.33. The molecular weight excluding hydrogens is 282 g/mol. The van der Waals surface area contributed by atoms with Crippen LogP contribution in [0.15, 0.2) is 28.5 Å². The Bertz CT molecular complexity index is 609. The van der Waals surface area contributed by atoms with Crippen LogP contribution in [0.25, 0.3) is 0 Å². The molecule has 2 heterocycles. The molecule has 2 rings (SSSR count). The van der Waals surface area contributed by atoms with Gasteiger partial charge in [-0.25, -0.2) is 4.68 Å². The fourth-order valence-electron chi connectivity index (χ4n) is 1.84. The van der Waals surface area contributed by atoms with Gasteiger partial charge in [0.15, 0.2) is 0 Å². The van der Waals surface area contributed by atoms with Crippen molar-refractivity contribution in [2.75, 3.05) is 11.9 Å². The summed E-state index contributed by atoms with van der Waals surface area (Å²) in [5.41, 5.74) is 0.406. The van der Waals surface area contributed by atoms with E-state index in [0.29, 0.717) is 5.69 Å². The SMILES string of the molecule is C[C@@H](Cc1cccs1)N(C)c1cnn(C)c(=O)c1Cl. The van der Waals surface area contributed by atoms with Gasteiger partial charge in [-0.2, -0.15) is 5.10 Å². The molecular formula is C13H16ClN3OS. The molecule has 1 atom stereocenters. The third-order valence-electron chi connectivity index (χ3n) is 3.18. The quantitative estimate of drug-likeness (QED) is 0.870. The van der Waals surface area contributed by atoms with Crippen molar-refractivity contribution in [1.82, 2.24) is 9.78 Å². The number of rotatable bonds is 4. The second-order valence-corrected chi connectivity index (χ2v) is 5.93. The highest BCUT2D eigenvalue weighted by atomic mass is 35.5. The number of thiophene rings is 1. The number of hydrogen-bond acceptors (Lipinski definition) is 4. The molecule has 2 aromatic heterocycles. The molecule has 0 fully saturated rings. The lowest BCUT2D eigenvalue weighted by Gasteiger charge is -2.27. The Morgan fingerprint density at radius 3 is 2.95 bits per heavy atom. The zero-order valence-corrected chi connectivity index (χ0v) is 12.7. The van der Waals surface area contributed by atoms with Crippen molar-refractivity contribution in [2.24, 2.45) is 7.05 Å². The highest BCUT2D eigenvalue weighted by Gasteiger charge is 2.17. The number of nitrogens with zero attached hydrogens (tertiary/aromatic N) is 3. The Morgan fingerprint density at radius 1 is 1.58 bits per heavy atom. The summed E-state index contributed by atoms with van der Waals surface area (Å²) in [4.78, 5) is 15.1. The molecule has 102 valence electrons. The standard InChI is InChI=1S/C13H16ClN3OS/c1-9(7-10-5-4-6-19-10)16(2)11-8-15-17(3)13(18)12(11)14/h4-6,8-9H,7H2,1-3H3/t9-/m0/s1. The highest BCUT2D eigenvalue weighted by molar-refractivity contribution is 7.09. The van der Waals surface area contributed by atoms with Gasteiger partial charge in [0.2, 0.25) is 0 Å². The number of anilines is 1. The second-order valence-electron chi connectivity index (χ2n) is 4.52. The van der Waals surface area contributed by atoms with Crippen molar-refractivity contribution in [2.45, 2.75) is 19.4 Å². The van der Waals surface area contributed by atoms with Crippen molar-refractivity contribution in [3.8, 4) is 0 Å². The number of aromatic nitrogens is 2. The third-order valence-corrected chi connectivity index (χ3v) is 4.43. The smallest absolute Gasteiger partial charge is 0.287 e. The van der Waals surface area contributed by atoms with Crippen LogP contribution in [0, 0.1) is 0 Å². The van der Waals surface area contributed by atoms with Crippen molar-refractivity contribution in [3.63, 3.8) is 0 Å². The molecule has 2 aromatic rings. The van der Waals surface area contributed by atoms with E-state index in [0.717, 1.165) is 6.42 Å².